The number of carbonyl (C=O) groups excluding carboxylic acids is 4. The topological polar surface area (TPSA) is 125 Å². The van der Waals surface area contributed by atoms with Gasteiger partial charge >= 0.3 is 5.97 Å². The van der Waals surface area contributed by atoms with Crippen molar-refractivity contribution < 1.29 is 33.8 Å². The molecule has 3 aliphatic heterocycles. The first-order chi connectivity index (χ1) is 21.4. The number of nitrogens with one attached hydrogen (secondary N) is 1. The number of rotatable bonds is 15. The van der Waals surface area contributed by atoms with Gasteiger partial charge in [0, 0.05) is 18.7 Å². The molecule has 3 aliphatic rings. The highest BCUT2D eigenvalue weighted by Gasteiger charge is 2.76. The van der Waals surface area contributed by atoms with E-state index in [0.717, 1.165) is 11.1 Å². The predicted molar refractivity (Wildman–Crippen MR) is 171 cm³/mol. The van der Waals surface area contributed by atoms with Crippen LogP contribution in [-0.2, 0) is 28.7 Å². The smallest absolute Gasteiger partial charge is 0.312 e. The zero-order valence-corrected chi connectivity index (χ0v) is 27.3. The van der Waals surface area contributed by atoms with Crippen molar-refractivity contribution in [1.82, 2.24) is 10.2 Å². The first kappa shape index (κ1) is 34.4. The molecule has 4 rings (SSSR count). The second-order valence-electron chi connectivity index (χ2n) is 12.8. The van der Waals surface area contributed by atoms with Crippen LogP contribution in [0.25, 0.3) is 0 Å². The average Bonchev–Trinajstić information content (AvgIpc) is 3.66. The van der Waals surface area contributed by atoms with E-state index in [4.69, 9.17) is 9.47 Å². The van der Waals surface area contributed by atoms with Crippen molar-refractivity contribution in [3.05, 3.63) is 54.6 Å². The maximum atomic E-state index is 14.9. The number of amides is 3. The van der Waals surface area contributed by atoms with E-state index in [9.17, 15) is 24.3 Å². The van der Waals surface area contributed by atoms with Crippen molar-refractivity contribution in [2.75, 3.05) is 24.6 Å². The van der Waals surface area contributed by atoms with Crippen molar-refractivity contribution >= 4 is 29.4 Å². The number of ether oxygens (including phenoxy) is 2. The van der Waals surface area contributed by atoms with Gasteiger partial charge in [-0.1, -0.05) is 44.6 Å². The van der Waals surface area contributed by atoms with E-state index in [1.807, 2.05) is 45.9 Å². The fraction of sp³-hybridized carbons (Fsp3) is 0.600. The molecule has 10 nitrogen and oxygen atoms in total. The number of hydrogen-bond acceptors (Lipinski definition) is 7. The Balaban J connectivity index is 1.70. The first-order valence-corrected chi connectivity index (χ1v) is 16.1. The summed E-state index contributed by atoms with van der Waals surface area (Å²) in [7, 11) is 0. The van der Waals surface area contributed by atoms with Gasteiger partial charge in [0.2, 0.25) is 11.8 Å². The highest BCUT2D eigenvalue weighted by molar-refractivity contribution is 6.05. The first-order valence-electron chi connectivity index (χ1n) is 16.1. The van der Waals surface area contributed by atoms with Gasteiger partial charge in [-0.05, 0) is 63.1 Å². The van der Waals surface area contributed by atoms with Gasteiger partial charge < -0.3 is 29.7 Å². The molecule has 246 valence electrons. The molecule has 45 heavy (non-hydrogen) atoms. The van der Waals surface area contributed by atoms with Crippen LogP contribution in [0.15, 0.2) is 43.5 Å². The van der Waals surface area contributed by atoms with Gasteiger partial charge in [-0.3, -0.25) is 19.2 Å². The van der Waals surface area contributed by atoms with E-state index in [2.05, 4.69) is 18.5 Å². The molecular formula is C35H49N3O7. The lowest BCUT2D eigenvalue weighted by Gasteiger charge is -2.41. The fourth-order valence-electron chi connectivity index (χ4n) is 7.30. The molecule has 8 atom stereocenters. The molecule has 3 amide bonds. The van der Waals surface area contributed by atoms with E-state index in [1.165, 1.54) is 4.90 Å². The van der Waals surface area contributed by atoms with Gasteiger partial charge in [-0.25, -0.2) is 0 Å². The minimum Gasteiger partial charge on any atom is -0.460 e. The summed E-state index contributed by atoms with van der Waals surface area (Å²) in [4.78, 5) is 58.4. The summed E-state index contributed by atoms with van der Waals surface area (Å²) in [6.45, 7) is 17.0. The number of aliphatic hydroxyl groups is 1. The van der Waals surface area contributed by atoms with Crippen molar-refractivity contribution in [2.45, 2.75) is 96.6 Å². The number of esters is 1. The largest absolute Gasteiger partial charge is 0.460 e. The Morgan fingerprint density at radius 2 is 1.98 bits per heavy atom. The van der Waals surface area contributed by atoms with Crippen LogP contribution in [-0.4, -0.2) is 83.3 Å². The van der Waals surface area contributed by atoms with Crippen molar-refractivity contribution in [3.63, 3.8) is 0 Å². The van der Waals surface area contributed by atoms with Crippen LogP contribution in [0.4, 0.5) is 5.69 Å². The van der Waals surface area contributed by atoms with Gasteiger partial charge in [0.05, 0.1) is 37.1 Å². The molecule has 3 fully saturated rings. The maximum Gasteiger partial charge on any atom is 0.312 e. The van der Waals surface area contributed by atoms with Gasteiger partial charge in [0.25, 0.3) is 5.91 Å². The Hall–Kier alpha value is -3.50. The fourth-order valence-corrected chi connectivity index (χ4v) is 7.30. The monoisotopic (exact) mass is 623 g/mol. The number of carbonyl (C=O) groups is 4. The average molecular weight is 624 g/mol. The minimum atomic E-state index is -1.25. The molecule has 0 radical (unpaired) electrons. The third-order valence-corrected chi connectivity index (χ3v) is 9.80. The summed E-state index contributed by atoms with van der Waals surface area (Å²) in [6, 6.07) is 4.17. The molecule has 3 heterocycles. The van der Waals surface area contributed by atoms with Crippen LogP contribution < -0.4 is 10.2 Å². The Bertz CT molecular complexity index is 1310. The highest BCUT2D eigenvalue weighted by Crippen LogP contribution is 2.59. The molecule has 2 N–H and O–H groups in total. The minimum absolute atomic E-state index is 0.120. The van der Waals surface area contributed by atoms with Gasteiger partial charge in [0.1, 0.15) is 17.7 Å². The van der Waals surface area contributed by atoms with E-state index in [1.54, 1.807) is 24.0 Å². The van der Waals surface area contributed by atoms with E-state index >= 15 is 0 Å². The van der Waals surface area contributed by atoms with Crippen molar-refractivity contribution in [2.24, 2.45) is 17.8 Å². The Labute approximate surface area is 266 Å². The van der Waals surface area contributed by atoms with Gasteiger partial charge in [-0.15, -0.1) is 13.2 Å². The van der Waals surface area contributed by atoms with Crippen molar-refractivity contribution in [3.8, 4) is 0 Å². The SMILES string of the molecule is C=CCCC(=O)NC[C@H](C)OC(=O)[C@@H]1[C@@H]2CC[C@]3(O2)[C@H](C(=O)N(CC=C)c2cc(C)ccc2C)N([C@@H](CO)[C@@H](C)CC)C(=O)[C@@H]13. The highest BCUT2D eigenvalue weighted by atomic mass is 16.6. The quantitative estimate of drug-likeness (QED) is 0.226. The number of anilines is 1. The van der Waals surface area contributed by atoms with Crippen LogP contribution in [0, 0.1) is 31.6 Å². The van der Waals surface area contributed by atoms with Gasteiger partial charge in [0.15, 0.2) is 0 Å². The number of benzene rings is 1. The predicted octanol–water partition coefficient (Wildman–Crippen LogP) is 3.62. The number of allylic oxidation sites excluding steroid dienone is 1. The molecule has 0 aliphatic carbocycles. The summed E-state index contributed by atoms with van der Waals surface area (Å²) in [5, 5.41) is 13.4. The van der Waals surface area contributed by atoms with Crippen LogP contribution in [0.1, 0.15) is 64.0 Å². The molecule has 3 saturated heterocycles. The van der Waals surface area contributed by atoms with Crippen LogP contribution in [0.5, 0.6) is 0 Å². The second-order valence-corrected chi connectivity index (χ2v) is 12.8. The number of fused-ring (bicyclic) bond motifs is 1. The maximum absolute atomic E-state index is 14.9. The Kier molecular flexibility index (Phi) is 10.9. The zero-order chi connectivity index (χ0) is 33.1. The number of likely N-dealkylation sites (tertiary alicyclic amines) is 1. The summed E-state index contributed by atoms with van der Waals surface area (Å²) < 4.78 is 12.4. The molecule has 1 aromatic rings. The number of aryl methyl sites for hydroxylation is 2. The standard InChI is InChI=1S/C35H49N3O7/c1-8-11-12-28(40)36-19-24(7)44-34(43)29-27-15-16-35(45-27)30(29)32(41)38(26(20-39)22(5)10-3)31(35)33(42)37(17-9-2)25-18-21(4)13-14-23(25)6/h8-9,13-14,18,22,24,26-27,29-31,39H,1-2,10-12,15-17,19-20H2,3-7H3,(H,36,40)/t22-,24-,26-,27-,29+,30+,31-,35+/m0/s1. The summed E-state index contributed by atoms with van der Waals surface area (Å²) in [5.74, 6) is -3.42. The van der Waals surface area contributed by atoms with Crippen LogP contribution >= 0.6 is 0 Å². The molecule has 10 heteroatoms. The van der Waals surface area contributed by atoms with E-state index in [0.29, 0.717) is 37.8 Å². The second kappa shape index (κ2) is 14.3. The number of aliphatic hydroxyl groups excluding tert-OH is 1. The number of nitrogens with zero attached hydrogens (tertiary/aromatic N) is 2. The van der Waals surface area contributed by atoms with E-state index in [-0.39, 0.29) is 43.3 Å². The number of hydrogen-bond donors (Lipinski definition) is 2. The van der Waals surface area contributed by atoms with Gasteiger partial charge in [-0.2, -0.15) is 0 Å². The van der Waals surface area contributed by atoms with Crippen LogP contribution in [0.2, 0.25) is 0 Å². The van der Waals surface area contributed by atoms with Crippen molar-refractivity contribution in [1.29, 1.82) is 0 Å². The summed E-state index contributed by atoms with van der Waals surface area (Å²) in [5.41, 5.74) is 1.34. The lowest BCUT2D eigenvalue weighted by atomic mass is 9.70. The van der Waals surface area contributed by atoms with E-state index < -0.39 is 47.7 Å². The molecule has 1 spiro atoms. The molecule has 1 aromatic carbocycles. The molecule has 2 bridgehead atoms. The third kappa shape index (κ3) is 6.45. The third-order valence-electron chi connectivity index (χ3n) is 9.80. The zero-order valence-electron chi connectivity index (χ0n) is 27.3. The van der Waals surface area contributed by atoms with Crippen LogP contribution in [0.3, 0.4) is 0 Å². The lowest BCUT2D eigenvalue weighted by Crippen LogP contribution is -2.60. The molecule has 0 saturated carbocycles. The summed E-state index contributed by atoms with van der Waals surface area (Å²) >= 11 is 0. The molecular weight excluding hydrogens is 574 g/mol. The Morgan fingerprint density at radius 1 is 1.24 bits per heavy atom. The Morgan fingerprint density at radius 3 is 2.62 bits per heavy atom. The summed E-state index contributed by atoms with van der Waals surface area (Å²) in [6.07, 6.45) is 4.52. The lowest BCUT2D eigenvalue weighted by molar-refractivity contribution is -0.160. The normalized spacial score (nSPS) is 27.0. The molecule has 0 aromatic heterocycles. The molecule has 0 unspecified atom stereocenters.